The maximum Gasteiger partial charge on any atom is -0.147 e. The van der Waals surface area contributed by atoms with E-state index in [4.69, 9.17) is 0 Å². The van der Waals surface area contributed by atoms with E-state index in [1.165, 1.54) is 12.0 Å². The minimum Gasteiger partial charge on any atom is -0.147 e. The van der Waals surface area contributed by atoms with Crippen molar-refractivity contribution in [3.63, 3.8) is 0 Å². The largest absolute Gasteiger partial charge is 0.147 e. The second kappa shape index (κ2) is 7.54. The molecule has 0 amide bonds. The first-order valence-corrected chi connectivity index (χ1v) is 5.79. The molecule has 0 aliphatic heterocycles. The van der Waals surface area contributed by atoms with E-state index < -0.39 is 0 Å². The molecule has 0 heterocycles. The molecule has 0 fully saturated rings. The van der Waals surface area contributed by atoms with Gasteiger partial charge in [0, 0.05) is 0 Å². The van der Waals surface area contributed by atoms with Gasteiger partial charge in [-0.1, -0.05) is 0 Å². The standard InChI is InChI=1S/C11H17.3ClH.Zr/c1-6-11(5)7-8(2)9(3)10(11)4;;;;/h6H2,1-5H3;3*1H;. The molecule has 0 radical (unpaired) electrons. The van der Waals surface area contributed by atoms with Crippen LogP contribution in [0.5, 0.6) is 0 Å². The second-order valence-electron chi connectivity index (χ2n) is 3.94. The third-order valence-electron chi connectivity index (χ3n) is 3.59. The van der Waals surface area contributed by atoms with Crippen molar-refractivity contribution in [1.29, 1.82) is 0 Å². The summed E-state index contributed by atoms with van der Waals surface area (Å²) in [4.78, 5) is 0. The topological polar surface area (TPSA) is 0 Å². The zero-order chi connectivity index (χ0) is 9.52. The Hall–Kier alpha value is 1.23. The Bertz CT molecular complexity index is 256. The quantitative estimate of drug-likeness (QED) is 0.635. The van der Waals surface area contributed by atoms with Gasteiger partial charge in [-0.3, -0.25) is 0 Å². The van der Waals surface area contributed by atoms with Gasteiger partial charge in [0.2, 0.25) is 0 Å². The molecule has 4 heteroatoms. The third kappa shape index (κ3) is 3.35. The first-order chi connectivity index (χ1) is 5.45. The maximum absolute atomic E-state index is 2.38. The smallest absolute Gasteiger partial charge is 0.147 e. The Kier molecular flexibility index (Phi) is 10.8. The molecule has 0 saturated heterocycles. The van der Waals surface area contributed by atoms with Crippen molar-refractivity contribution in [2.75, 3.05) is 0 Å². The molecule has 0 bridgehead atoms. The zero-order valence-electron chi connectivity index (χ0n) is 9.93. The summed E-state index contributed by atoms with van der Waals surface area (Å²) in [6.45, 7) is 11.5. The summed E-state index contributed by atoms with van der Waals surface area (Å²) in [7, 11) is 0. The summed E-state index contributed by atoms with van der Waals surface area (Å²) in [6.07, 6.45) is 1.24. The SMILES string of the molecule is CCC1(C)C(C)=C(C)C(C)=[C]1[Zr].Cl.Cl.Cl. The van der Waals surface area contributed by atoms with Gasteiger partial charge in [-0.05, 0) is 0 Å². The summed E-state index contributed by atoms with van der Waals surface area (Å²) in [5, 5.41) is 0. The molecule has 1 aliphatic rings. The van der Waals surface area contributed by atoms with Crippen LogP contribution in [0.2, 0.25) is 0 Å². The van der Waals surface area contributed by atoms with Crippen LogP contribution in [0, 0.1) is 5.41 Å². The van der Waals surface area contributed by atoms with Crippen LogP contribution in [0.3, 0.4) is 0 Å². The molecule has 0 N–H and O–H groups in total. The fourth-order valence-electron chi connectivity index (χ4n) is 1.93. The zero-order valence-corrected chi connectivity index (χ0v) is 14.8. The Labute approximate surface area is 127 Å². The Morgan fingerprint density at radius 3 is 1.53 bits per heavy atom. The predicted molar refractivity (Wildman–Crippen MR) is 71.2 cm³/mol. The van der Waals surface area contributed by atoms with E-state index in [-0.39, 0.29) is 37.2 Å². The van der Waals surface area contributed by atoms with Crippen molar-refractivity contribution in [3.8, 4) is 0 Å². The van der Waals surface area contributed by atoms with Gasteiger partial charge in [0.05, 0.1) is 0 Å². The first kappa shape index (κ1) is 21.5. The molecule has 0 spiro atoms. The Balaban J connectivity index is -0.000000480. The van der Waals surface area contributed by atoms with E-state index in [0.717, 1.165) is 0 Å². The van der Waals surface area contributed by atoms with Crippen LogP contribution in [-0.2, 0) is 24.7 Å². The van der Waals surface area contributed by atoms with Gasteiger partial charge in [-0.15, -0.1) is 37.2 Å². The van der Waals surface area contributed by atoms with E-state index in [2.05, 4.69) is 34.6 Å². The number of halogens is 3. The van der Waals surface area contributed by atoms with Crippen LogP contribution in [-0.4, -0.2) is 0 Å². The molecule has 1 rings (SSSR count). The molecule has 0 aromatic carbocycles. The van der Waals surface area contributed by atoms with E-state index >= 15 is 0 Å². The van der Waals surface area contributed by atoms with Crippen LogP contribution in [0.4, 0.5) is 0 Å². The summed E-state index contributed by atoms with van der Waals surface area (Å²) in [6, 6.07) is 0. The summed E-state index contributed by atoms with van der Waals surface area (Å²) >= 11 is 1.59. The summed E-state index contributed by atoms with van der Waals surface area (Å²) < 4.78 is 1.66. The molecule has 0 nitrogen and oxygen atoms in total. The number of hydrogen-bond donors (Lipinski definition) is 0. The number of rotatable bonds is 1. The monoisotopic (exact) mass is 347 g/mol. The molecular formula is C11H20Cl3Zr. The van der Waals surface area contributed by atoms with E-state index in [9.17, 15) is 0 Å². The molecule has 1 aliphatic carbocycles. The summed E-state index contributed by atoms with van der Waals surface area (Å²) in [5.74, 6) is 0. The van der Waals surface area contributed by atoms with Crippen molar-refractivity contribution in [2.45, 2.75) is 41.0 Å². The van der Waals surface area contributed by atoms with Gasteiger partial charge in [0.1, 0.15) is 0 Å². The molecule has 0 aromatic heterocycles. The molecular weight excluding hydrogens is 330 g/mol. The summed E-state index contributed by atoms with van der Waals surface area (Å²) in [5.41, 5.74) is 5.07. The normalized spacial score (nSPS) is 24.3. The van der Waals surface area contributed by atoms with Crippen molar-refractivity contribution in [2.24, 2.45) is 5.41 Å². The molecule has 89 valence electrons. The third-order valence-corrected chi connectivity index (χ3v) is 5.86. The average Bonchev–Trinajstić information content (AvgIpc) is 2.22. The number of hydrogen-bond acceptors (Lipinski definition) is 0. The fourth-order valence-corrected chi connectivity index (χ4v) is 3.28. The van der Waals surface area contributed by atoms with Crippen LogP contribution in [0.25, 0.3) is 0 Å². The van der Waals surface area contributed by atoms with Gasteiger partial charge in [-0.25, -0.2) is 0 Å². The second-order valence-corrected chi connectivity index (χ2v) is 5.16. The van der Waals surface area contributed by atoms with Crippen LogP contribution >= 0.6 is 37.2 Å². The van der Waals surface area contributed by atoms with Crippen LogP contribution < -0.4 is 0 Å². The van der Waals surface area contributed by atoms with Gasteiger partial charge >= 0.3 is 91.2 Å². The van der Waals surface area contributed by atoms with Gasteiger partial charge in [-0.2, -0.15) is 0 Å². The van der Waals surface area contributed by atoms with Crippen LogP contribution in [0.1, 0.15) is 41.0 Å². The van der Waals surface area contributed by atoms with E-state index in [0.29, 0.717) is 5.41 Å². The van der Waals surface area contributed by atoms with Gasteiger partial charge in [0.25, 0.3) is 0 Å². The van der Waals surface area contributed by atoms with Crippen molar-refractivity contribution in [3.05, 3.63) is 20.0 Å². The minimum atomic E-state index is 0. The Morgan fingerprint density at radius 1 is 1.00 bits per heavy atom. The van der Waals surface area contributed by atoms with E-state index in [1.807, 2.05) is 0 Å². The van der Waals surface area contributed by atoms with E-state index in [1.54, 1.807) is 39.1 Å². The number of allylic oxidation sites excluding steroid dienone is 4. The van der Waals surface area contributed by atoms with Gasteiger partial charge < -0.3 is 0 Å². The molecule has 1 atom stereocenters. The average molecular weight is 350 g/mol. The molecule has 0 saturated carbocycles. The van der Waals surface area contributed by atoms with Crippen molar-refractivity contribution >= 4 is 37.2 Å². The molecule has 15 heavy (non-hydrogen) atoms. The van der Waals surface area contributed by atoms with Crippen molar-refractivity contribution < 1.29 is 24.7 Å². The predicted octanol–water partition coefficient (Wildman–Crippen LogP) is 4.84. The van der Waals surface area contributed by atoms with Crippen LogP contribution in [0.15, 0.2) is 20.0 Å². The maximum atomic E-state index is 2.38. The minimum absolute atomic E-state index is 0. The molecule has 0 aromatic rings. The fraction of sp³-hybridized carbons (Fsp3) is 0.636. The Morgan fingerprint density at radius 2 is 1.40 bits per heavy atom. The van der Waals surface area contributed by atoms with Gasteiger partial charge in [0.15, 0.2) is 0 Å². The first-order valence-electron chi connectivity index (χ1n) is 4.56. The van der Waals surface area contributed by atoms with Crippen molar-refractivity contribution in [1.82, 2.24) is 0 Å². The molecule has 1 unspecified atom stereocenters.